The Kier molecular flexibility index (Phi) is 13.4. The number of hydrogen-bond donors (Lipinski definition) is 2. The van der Waals surface area contributed by atoms with Gasteiger partial charge in [-0.2, -0.15) is 0 Å². The van der Waals surface area contributed by atoms with Crippen LogP contribution in [0.1, 0.15) is 94.5 Å². The molecule has 49 heavy (non-hydrogen) atoms. The second-order valence-electron chi connectivity index (χ2n) is 14.0. The van der Waals surface area contributed by atoms with Crippen molar-refractivity contribution < 1.29 is 19.1 Å². The highest BCUT2D eigenvalue weighted by Gasteiger charge is 2.37. The Morgan fingerprint density at radius 3 is 2.14 bits per heavy atom. The number of rotatable bonds is 15. The smallest absolute Gasteiger partial charge is 0.408 e. The molecule has 0 aliphatic rings. The molecule has 7 heteroatoms. The third-order valence-electron chi connectivity index (χ3n) is 8.60. The lowest BCUT2D eigenvalue weighted by Crippen LogP contribution is -2.53. The van der Waals surface area contributed by atoms with Gasteiger partial charge in [0.05, 0.1) is 0 Å². The minimum atomic E-state index is -0.959. The monoisotopic (exact) mass is 663 g/mol. The van der Waals surface area contributed by atoms with Gasteiger partial charge >= 0.3 is 6.09 Å². The Morgan fingerprint density at radius 2 is 1.45 bits per heavy atom. The number of benzene rings is 4. The van der Waals surface area contributed by atoms with Crippen molar-refractivity contribution >= 4 is 34.4 Å². The van der Waals surface area contributed by atoms with Gasteiger partial charge in [0, 0.05) is 18.7 Å². The molecule has 7 nitrogen and oxygen atoms in total. The molecule has 0 heterocycles. The van der Waals surface area contributed by atoms with Crippen molar-refractivity contribution in [1.82, 2.24) is 10.2 Å². The number of nitrogens with zero attached hydrogens (tertiary/aromatic N) is 1. The van der Waals surface area contributed by atoms with Crippen LogP contribution in [0.4, 0.5) is 10.5 Å². The highest BCUT2D eigenvalue weighted by atomic mass is 16.6. The molecule has 2 N–H and O–H groups in total. The fourth-order valence-electron chi connectivity index (χ4n) is 6.19. The number of carbonyl (C=O) groups is 3. The van der Waals surface area contributed by atoms with E-state index in [0.29, 0.717) is 12.2 Å². The molecule has 0 saturated carbocycles. The van der Waals surface area contributed by atoms with Crippen LogP contribution in [0.2, 0.25) is 0 Å². The van der Waals surface area contributed by atoms with Gasteiger partial charge in [-0.3, -0.25) is 9.59 Å². The zero-order chi connectivity index (χ0) is 35.4. The molecule has 0 aliphatic heterocycles. The molecule has 2 atom stereocenters. The normalized spacial score (nSPS) is 12.6. The van der Waals surface area contributed by atoms with E-state index in [4.69, 9.17) is 4.74 Å². The molecule has 0 spiro atoms. The first-order chi connectivity index (χ1) is 23.4. The molecule has 0 aromatic heterocycles. The van der Waals surface area contributed by atoms with Crippen molar-refractivity contribution in [3.63, 3.8) is 0 Å². The molecule has 3 amide bonds. The van der Waals surface area contributed by atoms with Gasteiger partial charge in [-0.05, 0) is 80.6 Å². The first-order valence-corrected chi connectivity index (χ1v) is 17.7. The summed E-state index contributed by atoms with van der Waals surface area (Å²) in [6, 6.07) is 27.5. The van der Waals surface area contributed by atoms with Crippen molar-refractivity contribution in [3.8, 4) is 0 Å². The average Bonchev–Trinajstić information content (AvgIpc) is 3.05. The Bertz CT molecular complexity index is 1700. The molecule has 260 valence electrons. The molecule has 2 unspecified atom stereocenters. The molecule has 0 aliphatic carbocycles. The molecule has 4 rings (SSSR count). The summed E-state index contributed by atoms with van der Waals surface area (Å²) in [5, 5.41) is 8.10. The summed E-state index contributed by atoms with van der Waals surface area (Å²) in [5.41, 5.74) is 3.53. The highest BCUT2D eigenvalue weighted by molar-refractivity contribution is 6.00. The fraction of sp³-hybridized carbons (Fsp3) is 0.405. The van der Waals surface area contributed by atoms with Gasteiger partial charge in [0.15, 0.2) is 0 Å². The average molecular weight is 664 g/mol. The number of nitrogens with one attached hydrogen (secondary N) is 2. The number of ether oxygens (including phenoxy) is 1. The molecular formula is C42H53N3O4. The molecule has 4 aromatic rings. The van der Waals surface area contributed by atoms with Gasteiger partial charge < -0.3 is 20.3 Å². The van der Waals surface area contributed by atoms with Gasteiger partial charge in [0.25, 0.3) is 5.91 Å². The second-order valence-corrected chi connectivity index (χ2v) is 14.0. The Labute approximate surface area is 292 Å². The highest BCUT2D eigenvalue weighted by Crippen LogP contribution is 2.30. The van der Waals surface area contributed by atoms with Crippen LogP contribution >= 0.6 is 0 Å². The Morgan fingerprint density at radius 1 is 0.776 bits per heavy atom. The largest absolute Gasteiger partial charge is 0.444 e. The summed E-state index contributed by atoms with van der Waals surface area (Å²) >= 11 is 0. The van der Waals surface area contributed by atoms with Crippen LogP contribution < -0.4 is 10.6 Å². The third-order valence-corrected chi connectivity index (χ3v) is 8.60. The molecular weight excluding hydrogens is 610 g/mol. The molecule has 0 fully saturated rings. The van der Waals surface area contributed by atoms with Crippen molar-refractivity contribution in [3.05, 3.63) is 113 Å². The molecule has 0 saturated heterocycles. The van der Waals surface area contributed by atoms with E-state index in [1.54, 1.807) is 25.7 Å². The summed E-state index contributed by atoms with van der Waals surface area (Å²) in [7, 11) is 0. The summed E-state index contributed by atoms with van der Waals surface area (Å²) in [6.45, 7) is 11.9. The maximum Gasteiger partial charge on any atom is 0.408 e. The lowest BCUT2D eigenvalue weighted by molar-refractivity contribution is -0.140. The first-order valence-electron chi connectivity index (χ1n) is 17.7. The summed E-state index contributed by atoms with van der Waals surface area (Å²) in [4.78, 5) is 44.4. The fourth-order valence-corrected chi connectivity index (χ4v) is 6.19. The van der Waals surface area contributed by atoms with Crippen LogP contribution in [-0.2, 0) is 20.7 Å². The zero-order valence-corrected chi connectivity index (χ0v) is 30.1. The maximum atomic E-state index is 14.9. The summed E-state index contributed by atoms with van der Waals surface area (Å²) in [6.07, 6.45) is 5.72. The second kappa shape index (κ2) is 17.7. The van der Waals surface area contributed by atoms with Gasteiger partial charge in [0.2, 0.25) is 5.91 Å². The van der Waals surface area contributed by atoms with Crippen LogP contribution in [0.5, 0.6) is 0 Å². The first kappa shape index (κ1) is 37.2. The quantitative estimate of drug-likeness (QED) is 0.124. The number of anilines is 1. The van der Waals surface area contributed by atoms with Crippen LogP contribution in [0, 0.1) is 13.8 Å². The molecule has 0 radical (unpaired) electrons. The van der Waals surface area contributed by atoms with Crippen LogP contribution in [0.25, 0.3) is 10.8 Å². The van der Waals surface area contributed by atoms with Crippen LogP contribution in [0.15, 0.2) is 91.0 Å². The minimum Gasteiger partial charge on any atom is -0.444 e. The Balaban J connectivity index is 1.76. The molecule has 4 aromatic carbocycles. The van der Waals surface area contributed by atoms with E-state index in [1.807, 2.05) is 105 Å². The van der Waals surface area contributed by atoms with Gasteiger partial charge in [-0.25, -0.2) is 4.79 Å². The van der Waals surface area contributed by atoms with Crippen molar-refractivity contribution in [2.75, 3.05) is 11.9 Å². The van der Waals surface area contributed by atoms with E-state index >= 15 is 0 Å². The van der Waals surface area contributed by atoms with E-state index < -0.39 is 23.8 Å². The van der Waals surface area contributed by atoms with E-state index in [1.165, 1.54) is 6.42 Å². The van der Waals surface area contributed by atoms with Crippen LogP contribution in [0.3, 0.4) is 0 Å². The summed E-state index contributed by atoms with van der Waals surface area (Å²) < 4.78 is 5.61. The van der Waals surface area contributed by atoms with E-state index in [0.717, 1.165) is 65.1 Å². The van der Waals surface area contributed by atoms with E-state index in [2.05, 4.69) is 17.6 Å². The predicted molar refractivity (Wildman–Crippen MR) is 200 cm³/mol. The number of fused-ring (bicyclic) bond motifs is 1. The summed E-state index contributed by atoms with van der Waals surface area (Å²) in [5.74, 6) is -0.640. The number of carbonyl (C=O) groups excluding carboxylic acids is 3. The van der Waals surface area contributed by atoms with Crippen molar-refractivity contribution in [1.29, 1.82) is 0 Å². The maximum absolute atomic E-state index is 14.9. The van der Waals surface area contributed by atoms with Crippen LogP contribution in [-0.4, -0.2) is 41.0 Å². The standard InChI is InChI=1S/C42H53N3O4/c1-7-8-9-10-11-17-26-45(40(47)37(28-32-18-13-12-14-19-32)44-41(48)49-42(4,5)6)38(36-25-22-30(2)27-31(36)3)39(46)43-35-24-23-33-20-15-16-21-34(33)29-35/h12-16,18-25,27,29,37-38H,7-11,17,26,28H2,1-6H3,(H,43,46)(H,44,48). The van der Waals surface area contributed by atoms with Crippen molar-refractivity contribution in [2.24, 2.45) is 0 Å². The lowest BCUT2D eigenvalue weighted by Gasteiger charge is -2.35. The van der Waals surface area contributed by atoms with E-state index in [-0.39, 0.29) is 18.2 Å². The number of hydrogen-bond acceptors (Lipinski definition) is 4. The van der Waals surface area contributed by atoms with Gasteiger partial charge in [-0.15, -0.1) is 0 Å². The topological polar surface area (TPSA) is 87.7 Å². The minimum absolute atomic E-state index is 0.248. The number of unbranched alkanes of at least 4 members (excludes halogenated alkanes) is 5. The predicted octanol–water partition coefficient (Wildman–Crippen LogP) is 9.46. The Hall–Kier alpha value is -4.65. The zero-order valence-electron chi connectivity index (χ0n) is 30.1. The SMILES string of the molecule is CCCCCCCCN(C(=O)C(Cc1ccccc1)NC(=O)OC(C)(C)C)C(C(=O)Nc1ccc2ccccc2c1)c1ccc(C)cc1C. The van der Waals surface area contributed by atoms with Crippen molar-refractivity contribution in [2.45, 2.75) is 104 Å². The molecule has 0 bridgehead atoms. The number of aryl methyl sites for hydroxylation is 2. The van der Waals surface area contributed by atoms with Gasteiger partial charge in [0.1, 0.15) is 17.7 Å². The van der Waals surface area contributed by atoms with Gasteiger partial charge in [-0.1, -0.05) is 123 Å². The third kappa shape index (κ3) is 11.2. The number of alkyl carbamates (subject to hydrolysis) is 1. The van der Waals surface area contributed by atoms with E-state index in [9.17, 15) is 14.4 Å². The number of amides is 3. The lowest BCUT2D eigenvalue weighted by atomic mass is 9.95.